The van der Waals surface area contributed by atoms with Gasteiger partial charge in [0.25, 0.3) is 5.91 Å². The summed E-state index contributed by atoms with van der Waals surface area (Å²) < 4.78 is 19.1. The molecule has 0 aliphatic carbocycles. The lowest BCUT2D eigenvalue weighted by Gasteiger charge is -2.30. The first-order chi connectivity index (χ1) is 12.1. The van der Waals surface area contributed by atoms with E-state index in [1.165, 1.54) is 18.6 Å². The number of carbonyl (C=O) groups excluding carboxylic acids is 1. The van der Waals surface area contributed by atoms with E-state index in [9.17, 15) is 9.18 Å². The Hall–Kier alpha value is -2.27. The highest BCUT2D eigenvalue weighted by Crippen LogP contribution is 2.29. The molecule has 3 rings (SSSR count). The molecule has 0 spiro atoms. The van der Waals surface area contributed by atoms with Gasteiger partial charge in [0.2, 0.25) is 0 Å². The number of anilines is 2. The van der Waals surface area contributed by atoms with Crippen molar-refractivity contribution >= 4 is 28.9 Å². The molecule has 0 unspecified atom stereocenters. The second kappa shape index (κ2) is 8.21. The molecule has 0 saturated carbocycles. The van der Waals surface area contributed by atoms with Crippen molar-refractivity contribution in [3.63, 3.8) is 0 Å². The van der Waals surface area contributed by atoms with Crippen LogP contribution in [0.2, 0.25) is 5.02 Å². The molecule has 25 heavy (non-hydrogen) atoms. The van der Waals surface area contributed by atoms with Crippen molar-refractivity contribution in [1.82, 2.24) is 0 Å². The summed E-state index contributed by atoms with van der Waals surface area (Å²) in [5, 5.41) is 3.29. The van der Waals surface area contributed by atoms with Crippen LogP contribution in [0.15, 0.2) is 42.5 Å². The number of amides is 1. The molecule has 2 aromatic carbocycles. The third kappa shape index (κ3) is 4.86. The maximum atomic E-state index is 13.6. The molecule has 0 aromatic heterocycles. The van der Waals surface area contributed by atoms with Crippen LogP contribution in [0.3, 0.4) is 0 Å². The minimum Gasteiger partial charge on any atom is -0.484 e. The number of nitrogens with one attached hydrogen (secondary N) is 1. The summed E-state index contributed by atoms with van der Waals surface area (Å²) in [6, 6.07) is 11.3. The first-order valence-electron chi connectivity index (χ1n) is 8.34. The van der Waals surface area contributed by atoms with Crippen LogP contribution in [-0.4, -0.2) is 25.6 Å². The number of ether oxygens (including phenoxy) is 1. The fourth-order valence-electron chi connectivity index (χ4n) is 2.91. The topological polar surface area (TPSA) is 41.6 Å². The minimum absolute atomic E-state index is 0.170. The van der Waals surface area contributed by atoms with E-state index in [-0.39, 0.29) is 18.3 Å². The Morgan fingerprint density at radius 1 is 1.16 bits per heavy atom. The Labute approximate surface area is 151 Å². The second-order valence-electron chi connectivity index (χ2n) is 6.00. The number of nitrogens with zero attached hydrogens (tertiary/aromatic N) is 1. The number of halogens is 2. The van der Waals surface area contributed by atoms with Gasteiger partial charge < -0.3 is 15.0 Å². The Morgan fingerprint density at radius 2 is 1.96 bits per heavy atom. The molecule has 1 heterocycles. The van der Waals surface area contributed by atoms with Crippen molar-refractivity contribution in [3.05, 3.63) is 53.3 Å². The number of benzene rings is 2. The Morgan fingerprint density at radius 3 is 2.72 bits per heavy atom. The van der Waals surface area contributed by atoms with Crippen molar-refractivity contribution in [2.75, 3.05) is 29.9 Å². The molecule has 0 radical (unpaired) electrons. The molecule has 1 amide bonds. The van der Waals surface area contributed by atoms with Crippen LogP contribution < -0.4 is 15.0 Å². The Kier molecular flexibility index (Phi) is 5.76. The van der Waals surface area contributed by atoms with Gasteiger partial charge in [-0.25, -0.2) is 4.39 Å². The van der Waals surface area contributed by atoms with Gasteiger partial charge in [-0.05, 0) is 55.7 Å². The highest BCUT2D eigenvalue weighted by Gasteiger charge is 2.16. The molecule has 4 nitrogen and oxygen atoms in total. The van der Waals surface area contributed by atoms with Gasteiger partial charge in [0.1, 0.15) is 11.6 Å². The maximum Gasteiger partial charge on any atom is 0.262 e. The number of carbonyl (C=O) groups is 1. The van der Waals surface area contributed by atoms with E-state index in [2.05, 4.69) is 10.2 Å². The predicted octanol–water partition coefficient (Wildman–Crippen LogP) is 4.49. The second-order valence-corrected chi connectivity index (χ2v) is 6.44. The monoisotopic (exact) mass is 362 g/mol. The van der Waals surface area contributed by atoms with E-state index in [0.29, 0.717) is 16.5 Å². The SMILES string of the molecule is O=C(COc1cccc(Cl)c1)Nc1cc(F)ccc1N1CCCCC1. The summed E-state index contributed by atoms with van der Waals surface area (Å²) in [4.78, 5) is 14.4. The third-order valence-electron chi connectivity index (χ3n) is 4.10. The van der Waals surface area contributed by atoms with Crippen molar-refractivity contribution in [2.45, 2.75) is 19.3 Å². The molecular weight excluding hydrogens is 343 g/mol. The first-order valence-corrected chi connectivity index (χ1v) is 8.72. The highest BCUT2D eigenvalue weighted by molar-refractivity contribution is 6.30. The molecule has 6 heteroatoms. The molecular formula is C19H20ClFN2O2. The third-order valence-corrected chi connectivity index (χ3v) is 4.33. The van der Waals surface area contributed by atoms with Crippen molar-refractivity contribution < 1.29 is 13.9 Å². The van der Waals surface area contributed by atoms with Crippen LogP contribution in [0, 0.1) is 5.82 Å². The Bertz CT molecular complexity index is 748. The quantitative estimate of drug-likeness (QED) is 0.852. The molecule has 1 fully saturated rings. The number of piperidine rings is 1. The molecule has 1 aliphatic heterocycles. The van der Waals surface area contributed by atoms with Crippen molar-refractivity contribution in [2.24, 2.45) is 0 Å². The number of rotatable bonds is 5. The number of hydrogen-bond donors (Lipinski definition) is 1. The summed E-state index contributed by atoms with van der Waals surface area (Å²) in [5.41, 5.74) is 1.32. The van der Waals surface area contributed by atoms with Gasteiger partial charge in [0, 0.05) is 18.1 Å². The smallest absolute Gasteiger partial charge is 0.262 e. The van der Waals surface area contributed by atoms with Crippen molar-refractivity contribution in [1.29, 1.82) is 0 Å². The molecule has 0 bridgehead atoms. The first kappa shape index (κ1) is 17.5. The average Bonchev–Trinajstić information content (AvgIpc) is 2.61. The minimum atomic E-state index is -0.383. The van der Waals surface area contributed by atoms with Crippen molar-refractivity contribution in [3.8, 4) is 5.75 Å². The Balaban J connectivity index is 1.66. The fraction of sp³-hybridized carbons (Fsp3) is 0.316. The summed E-state index contributed by atoms with van der Waals surface area (Å²) in [6.45, 7) is 1.65. The lowest BCUT2D eigenvalue weighted by Crippen LogP contribution is -2.31. The van der Waals surface area contributed by atoms with Crippen LogP contribution in [-0.2, 0) is 4.79 Å². The summed E-state index contributed by atoms with van der Waals surface area (Å²) in [7, 11) is 0. The zero-order valence-electron chi connectivity index (χ0n) is 13.8. The molecule has 1 saturated heterocycles. The van der Waals surface area contributed by atoms with Gasteiger partial charge >= 0.3 is 0 Å². The van der Waals surface area contributed by atoms with E-state index in [4.69, 9.17) is 16.3 Å². The van der Waals surface area contributed by atoms with Crippen LogP contribution >= 0.6 is 11.6 Å². The van der Waals surface area contributed by atoms with Gasteiger partial charge in [-0.1, -0.05) is 17.7 Å². The molecule has 2 aromatic rings. The largest absolute Gasteiger partial charge is 0.484 e. The van der Waals surface area contributed by atoms with Gasteiger partial charge in [-0.2, -0.15) is 0 Å². The zero-order valence-corrected chi connectivity index (χ0v) is 14.6. The summed E-state index contributed by atoms with van der Waals surface area (Å²) in [6.07, 6.45) is 3.40. The highest BCUT2D eigenvalue weighted by atomic mass is 35.5. The zero-order chi connectivity index (χ0) is 17.6. The maximum absolute atomic E-state index is 13.6. The van der Waals surface area contributed by atoms with Gasteiger partial charge in [-0.15, -0.1) is 0 Å². The van der Waals surface area contributed by atoms with Crippen LogP contribution in [0.4, 0.5) is 15.8 Å². The van der Waals surface area contributed by atoms with Crippen LogP contribution in [0.1, 0.15) is 19.3 Å². The summed E-state index contributed by atoms with van der Waals surface area (Å²) >= 11 is 5.89. The predicted molar refractivity (Wildman–Crippen MR) is 98.0 cm³/mol. The normalized spacial score (nSPS) is 14.2. The molecule has 1 aliphatic rings. The number of hydrogen-bond acceptors (Lipinski definition) is 3. The van der Waals surface area contributed by atoms with E-state index >= 15 is 0 Å². The molecule has 132 valence electrons. The molecule has 1 N–H and O–H groups in total. The lowest BCUT2D eigenvalue weighted by molar-refractivity contribution is -0.118. The van der Waals surface area contributed by atoms with Gasteiger partial charge in [0.15, 0.2) is 6.61 Å². The standard InChI is InChI=1S/C19H20ClFN2O2/c20-14-5-4-6-16(11-14)25-13-19(24)22-17-12-15(21)7-8-18(17)23-9-2-1-3-10-23/h4-8,11-12H,1-3,9-10,13H2,(H,22,24). The van der Waals surface area contributed by atoms with Gasteiger partial charge in [0.05, 0.1) is 11.4 Å². The van der Waals surface area contributed by atoms with E-state index in [1.54, 1.807) is 30.3 Å². The van der Waals surface area contributed by atoms with E-state index in [1.807, 2.05) is 0 Å². The van der Waals surface area contributed by atoms with E-state index in [0.717, 1.165) is 31.6 Å². The van der Waals surface area contributed by atoms with E-state index < -0.39 is 0 Å². The lowest BCUT2D eigenvalue weighted by atomic mass is 10.1. The van der Waals surface area contributed by atoms with Gasteiger partial charge in [-0.3, -0.25) is 4.79 Å². The van der Waals surface area contributed by atoms with Crippen LogP contribution in [0.5, 0.6) is 5.75 Å². The fourth-order valence-corrected chi connectivity index (χ4v) is 3.09. The summed E-state index contributed by atoms with van der Waals surface area (Å²) in [5.74, 6) is -0.214. The molecule has 0 atom stereocenters. The van der Waals surface area contributed by atoms with Crippen LogP contribution in [0.25, 0.3) is 0 Å². The average molecular weight is 363 g/mol.